The Kier molecular flexibility index (Phi) is 6.68. The van der Waals surface area contributed by atoms with Crippen molar-refractivity contribution in [1.29, 1.82) is 0 Å². The van der Waals surface area contributed by atoms with Gasteiger partial charge in [0.25, 0.3) is 0 Å². The molecule has 0 amide bonds. The molecule has 0 heterocycles. The number of carbonyl (C=O) groups is 1. The van der Waals surface area contributed by atoms with Crippen molar-refractivity contribution in [2.24, 2.45) is 0 Å². The number of hydrogen-bond donors (Lipinski definition) is 0. The van der Waals surface area contributed by atoms with Crippen LogP contribution in [0.2, 0.25) is 0 Å². The highest BCUT2D eigenvalue weighted by Gasteiger charge is 2.17. The predicted octanol–water partition coefficient (Wildman–Crippen LogP) is 7.36. The summed E-state index contributed by atoms with van der Waals surface area (Å²) in [7, 11) is 0. The van der Waals surface area contributed by atoms with E-state index in [-0.39, 0.29) is 22.4 Å². The highest BCUT2D eigenvalue weighted by molar-refractivity contribution is 5.91. The maximum Gasteiger partial charge on any atom is 0.343 e. The lowest BCUT2D eigenvalue weighted by molar-refractivity contribution is 0.0727. The first kappa shape index (κ1) is 23.1. The van der Waals surface area contributed by atoms with E-state index in [0.29, 0.717) is 23.5 Å². The average molecular weight is 462 g/mol. The Hall–Kier alpha value is -4.06. The van der Waals surface area contributed by atoms with Crippen molar-refractivity contribution < 1.29 is 27.4 Å². The molecular weight excluding hydrogens is 441 g/mol. The number of aryl methyl sites for hydroxylation is 1. The van der Waals surface area contributed by atoms with Crippen LogP contribution < -0.4 is 9.47 Å². The number of carbonyl (C=O) groups excluding carboxylic acids is 1. The molecule has 0 aromatic heterocycles. The Morgan fingerprint density at radius 2 is 1.32 bits per heavy atom. The van der Waals surface area contributed by atoms with Gasteiger partial charge in [-0.2, -0.15) is 0 Å². The van der Waals surface area contributed by atoms with Crippen LogP contribution in [-0.4, -0.2) is 12.6 Å². The van der Waals surface area contributed by atoms with Crippen LogP contribution in [0.15, 0.2) is 78.9 Å². The van der Waals surface area contributed by atoms with Gasteiger partial charge in [0.15, 0.2) is 23.2 Å². The second-order valence-corrected chi connectivity index (χ2v) is 7.65. The first-order valence-electron chi connectivity index (χ1n) is 10.7. The molecule has 4 aromatic rings. The third-order valence-electron chi connectivity index (χ3n) is 5.29. The summed E-state index contributed by atoms with van der Waals surface area (Å²) < 4.78 is 54.2. The van der Waals surface area contributed by atoms with Gasteiger partial charge >= 0.3 is 5.97 Å². The minimum atomic E-state index is -0.982. The third kappa shape index (κ3) is 4.81. The van der Waals surface area contributed by atoms with E-state index < -0.39 is 23.4 Å². The zero-order valence-electron chi connectivity index (χ0n) is 18.6. The highest BCUT2D eigenvalue weighted by atomic mass is 19.2. The molecule has 6 heteroatoms. The van der Waals surface area contributed by atoms with Crippen LogP contribution in [0.4, 0.5) is 13.2 Å². The van der Waals surface area contributed by atoms with Gasteiger partial charge in [-0.05, 0) is 49.2 Å². The van der Waals surface area contributed by atoms with Crippen molar-refractivity contribution >= 4 is 5.97 Å². The van der Waals surface area contributed by atoms with E-state index in [9.17, 15) is 18.0 Å². The Morgan fingerprint density at radius 3 is 1.85 bits per heavy atom. The van der Waals surface area contributed by atoms with Crippen LogP contribution in [0.1, 0.15) is 22.8 Å². The van der Waals surface area contributed by atoms with E-state index in [1.165, 1.54) is 48.5 Å². The number of ether oxygens (including phenoxy) is 2. The maximum absolute atomic E-state index is 14.9. The first-order valence-corrected chi connectivity index (χ1v) is 10.7. The molecular formula is C28H21F3O3. The van der Waals surface area contributed by atoms with Crippen LogP contribution in [0.25, 0.3) is 22.3 Å². The van der Waals surface area contributed by atoms with E-state index >= 15 is 0 Å². The fourth-order valence-corrected chi connectivity index (χ4v) is 3.49. The SMILES string of the molecule is CCOc1ccc(OC(=O)c2ccc(-c3ccc(-c4ccc(C)cc4)c(F)c3F)cc2)c(F)c1. The third-order valence-corrected chi connectivity index (χ3v) is 5.29. The first-order chi connectivity index (χ1) is 16.4. The Bertz CT molecular complexity index is 1330. The van der Waals surface area contributed by atoms with Crippen molar-refractivity contribution in [3.8, 4) is 33.8 Å². The van der Waals surface area contributed by atoms with E-state index in [2.05, 4.69) is 0 Å². The number of esters is 1. The van der Waals surface area contributed by atoms with Gasteiger partial charge in [-0.25, -0.2) is 18.0 Å². The zero-order chi connectivity index (χ0) is 24.2. The van der Waals surface area contributed by atoms with Gasteiger partial charge in [-0.3, -0.25) is 0 Å². The average Bonchev–Trinajstić information content (AvgIpc) is 2.83. The summed E-state index contributed by atoms with van der Waals surface area (Å²) in [6, 6.07) is 19.9. The van der Waals surface area contributed by atoms with Gasteiger partial charge in [0.2, 0.25) is 0 Å². The normalized spacial score (nSPS) is 10.7. The minimum Gasteiger partial charge on any atom is -0.494 e. The lowest BCUT2D eigenvalue weighted by atomic mass is 9.98. The monoisotopic (exact) mass is 462 g/mol. The molecule has 34 heavy (non-hydrogen) atoms. The molecule has 4 aromatic carbocycles. The molecule has 0 aliphatic carbocycles. The molecule has 3 nitrogen and oxygen atoms in total. The minimum absolute atomic E-state index is 0.0610. The van der Waals surface area contributed by atoms with Crippen LogP contribution in [0.5, 0.6) is 11.5 Å². The zero-order valence-corrected chi connectivity index (χ0v) is 18.6. The molecule has 0 aliphatic rings. The molecule has 0 saturated carbocycles. The van der Waals surface area contributed by atoms with Crippen LogP contribution in [-0.2, 0) is 0 Å². The van der Waals surface area contributed by atoms with Crippen molar-refractivity contribution in [3.05, 3.63) is 107 Å². The summed E-state index contributed by atoms with van der Waals surface area (Å²) in [6.45, 7) is 4.07. The maximum atomic E-state index is 14.9. The van der Waals surface area contributed by atoms with Gasteiger partial charge < -0.3 is 9.47 Å². The summed E-state index contributed by atoms with van der Waals surface area (Å²) in [5, 5.41) is 0. The number of hydrogen-bond acceptors (Lipinski definition) is 3. The topological polar surface area (TPSA) is 35.5 Å². The Morgan fingerprint density at radius 1 is 0.765 bits per heavy atom. The lowest BCUT2D eigenvalue weighted by Crippen LogP contribution is -2.09. The molecule has 0 bridgehead atoms. The number of rotatable bonds is 6. The fourth-order valence-electron chi connectivity index (χ4n) is 3.49. The van der Waals surface area contributed by atoms with Crippen molar-refractivity contribution in [2.45, 2.75) is 13.8 Å². The molecule has 0 unspecified atom stereocenters. The summed E-state index contributed by atoms with van der Waals surface area (Å²) in [5.74, 6) is -3.36. The van der Waals surface area contributed by atoms with Gasteiger partial charge in [-0.15, -0.1) is 0 Å². The van der Waals surface area contributed by atoms with Gasteiger partial charge in [0, 0.05) is 17.2 Å². The van der Waals surface area contributed by atoms with Crippen molar-refractivity contribution in [2.75, 3.05) is 6.61 Å². The lowest BCUT2D eigenvalue weighted by Gasteiger charge is -2.10. The molecule has 0 fully saturated rings. The number of halogens is 3. The second-order valence-electron chi connectivity index (χ2n) is 7.65. The van der Waals surface area contributed by atoms with Gasteiger partial charge in [0.1, 0.15) is 5.75 Å². The molecule has 4 rings (SSSR count). The molecule has 0 aliphatic heterocycles. The van der Waals surface area contributed by atoms with Crippen LogP contribution >= 0.6 is 0 Å². The van der Waals surface area contributed by atoms with Crippen LogP contribution in [0.3, 0.4) is 0 Å². The summed E-state index contributed by atoms with van der Waals surface area (Å²) in [6.07, 6.45) is 0. The second kappa shape index (κ2) is 9.83. The molecule has 172 valence electrons. The Labute approximate surface area is 195 Å². The molecule has 0 saturated heterocycles. The summed E-state index contributed by atoms with van der Waals surface area (Å²) >= 11 is 0. The van der Waals surface area contributed by atoms with Gasteiger partial charge in [-0.1, -0.05) is 54.1 Å². The molecule has 0 spiro atoms. The fraction of sp³-hybridized carbons (Fsp3) is 0.107. The van der Waals surface area contributed by atoms with Crippen LogP contribution in [0, 0.1) is 24.4 Å². The summed E-state index contributed by atoms with van der Waals surface area (Å²) in [5.41, 5.74) is 2.34. The molecule has 0 radical (unpaired) electrons. The smallest absolute Gasteiger partial charge is 0.343 e. The van der Waals surface area contributed by atoms with E-state index in [1.807, 2.05) is 19.1 Å². The van der Waals surface area contributed by atoms with E-state index in [4.69, 9.17) is 9.47 Å². The van der Waals surface area contributed by atoms with Crippen molar-refractivity contribution in [1.82, 2.24) is 0 Å². The Balaban J connectivity index is 1.54. The van der Waals surface area contributed by atoms with Crippen molar-refractivity contribution in [3.63, 3.8) is 0 Å². The molecule has 0 atom stereocenters. The summed E-state index contributed by atoms with van der Waals surface area (Å²) in [4.78, 5) is 12.4. The predicted molar refractivity (Wildman–Crippen MR) is 124 cm³/mol. The molecule has 0 N–H and O–H groups in total. The quantitative estimate of drug-likeness (QED) is 0.222. The largest absolute Gasteiger partial charge is 0.494 e. The number of benzene rings is 4. The van der Waals surface area contributed by atoms with E-state index in [1.54, 1.807) is 19.1 Å². The van der Waals surface area contributed by atoms with Gasteiger partial charge in [0.05, 0.1) is 12.2 Å². The van der Waals surface area contributed by atoms with E-state index in [0.717, 1.165) is 11.6 Å². The standard InChI is InChI=1S/C28H21F3O3/c1-3-33-21-12-15-25(24(29)16-21)34-28(32)20-10-8-19(9-11-20)23-14-13-22(26(30)27(23)31)18-6-4-17(2)5-7-18/h4-16H,3H2,1-2H3. The highest BCUT2D eigenvalue weighted by Crippen LogP contribution is 2.32.